The van der Waals surface area contributed by atoms with Crippen LogP contribution >= 0.6 is 15.9 Å². The number of hydrogen-bond acceptors (Lipinski definition) is 2. The van der Waals surface area contributed by atoms with Gasteiger partial charge in [-0.15, -0.1) is 0 Å². The van der Waals surface area contributed by atoms with Crippen molar-refractivity contribution < 1.29 is 9.47 Å². The van der Waals surface area contributed by atoms with Gasteiger partial charge in [0, 0.05) is 11.2 Å². The van der Waals surface area contributed by atoms with E-state index in [1.165, 1.54) is 16.3 Å². The second-order valence-corrected chi connectivity index (χ2v) is 8.94. The van der Waals surface area contributed by atoms with Gasteiger partial charge in [-0.25, -0.2) is 0 Å². The normalized spacial score (nSPS) is 35.2. The largest absolute Gasteiger partial charge is 0.370 e. The van der Waals surface area contributed by atoms with Gasteiger partial charge in [0.1, 0.15) is 0 Å². The van der Waals surface area contributed by atoms with Gasteiger partial charge in [-0.05, 0) is 35.6 Å². The zero-order valence-electron chi connectivity index (χ0n) is 14.6. The Balaban J connectivity index is 1.55. The molecule has 4 unspecified atom stereocenters. The third-order valence-corrected chi connectivity index (χ3v) is 7.12. The maximum atomic E-state index is 6.54. The summed E-state index contributed by atoms with van der Waals surface area (Å²) in [5.74, 6) is 0.481. The lowest BCUT2D eigenvalue weighted by molar-refractivity contribution is -0.0954. The molecule has 4 atom stereocenters. The van der Waals surface area contributed by atoms with Crippen molar-refractivity contribution in [3.05, 3.63) is 48.0 Å². The van der Waals surface area contributed by atoms with Gasteiger partial charge < -0.3 is 9.47 Å². The van der Waals surface area contributed by atoms with Crippen molar-refractivity contribution in [3.8, 4) is 0 Å². The van der Waals surface area contributed by atoms with Crippen LogP contribution in [-0.4, -0.2) is 22.1 Å². The Kier molecular flexibility index (Phi) is 4.02. The molecule has 0 aromatic heterocycles. The third-order valence-electron chi connectivity index (χ3n) is 6.02. The molecule has 3 heteroatoms. The predicted octanol–water partition coefficient (Wildman–Crippen LogP) is 5.47. The molecule has 2 heterocycles. The lowest BCUT2D eigenvalue weighted by Gasteiger charge is -2.35. The molecule has 2 aromatic rings. The number of fused-ring (bicyclic) bond motifs is 3. The minimum Gasteiger partial charge on any atom is -0.370 e. The van der Waals surface area contributed by atoms with Crippen LogP contribution in [0.5, 0.6) is 0 Å². The van der Waals surface area contributed by atoms with E-state index >= 15 is 0 Å². The molecule has 0 saturated carbocycles. The summed E-state index contributed by atoms with van der Waals surface area (Å²) >= 11 is 3.86. The van der Waals surface area contributed by atoms with E-state index in [9.17, 15) is 0 Å². The van der Waals surface area contributed by atoms with Crippen LogP contribution in [0.2, 0.25) is 0 Å². The molecular formula is C21H25BrO2. The van der Waals surface area contributed by atoms with Crippen molar-refractivity contribution in [2.24, 2.45) is 5.92 Å². The van der Waals surface area contributed by atoms with Crippen molar-refractivity contribution in [1.29, 1.82) is 0 Å². The van der Waals surface area contributed by atoms with Gasteiger partial charge in [-0.3, -0.25) is 0 Å². The molecule has 2 aliphatic rings. The van der Waals surface area contributed by atoms with E-state index < -0.39 is 0 Å². The zero-order chi connectivity index (χ0) is 16.9. The first-order valence-corrected chi connectivity index (χ1v) is 9.79. The first-order chi connectivity index (χ1) is 11.4. The number of alkyl halides is 1. The van der Waals surface area contributed by atoms with Gasteiger partial charge in [0.25, 0.3) is 0 Å². The fourth-order valence-corrected chi connectivity index (χ4v) is 5.95. The molecule has 2 bridgehead atoms. The van der Waals surface area contributed by atoms with E-state index in [1.54, 1.807) is 0 Å². The highest BCUT2D eigenvalue weighted by atomic mass is 79.9. The molecule has 2 aliphatic heterocycles. The standard InChI is InChI=1S/C21H25BrO2/c1-14(2)21-12-19(20(3,24-21)11-18(21)22)23-13-16-9-6-8-15-7-4-5-10-17(15)16/h4-10,14,18-19H,11-13H2,1-3H3. The fraction of sp³-hybridized carbons (Fsp3) is 0.524. The molecule has 0 N–H and O–H groups in total. The molecule has 0 aliphatic carbocycles. The van der Waals surface area contributed by atoms with E-state index in [0.717, 1.165) is 12.8 Å². The van der Waals surface area contributed by atoms with Crippen LogP contribution in [0.1, 0.15) is 39.2 Å². The highest BCUT2D eigenvalue weighted by molar-refractivity contribution is 9.09. The molecular weight excluding hydrogens is 364 g/mol. The van der Waals surface area contributed by atoms with E-state index in [2.05, 4.69) is 79.2 Å². The zero-order valence-corrected chi connectivity index (χ0v) is 16.2. The molecule has 2 fully saturated rings. The smallest absolute Gasteiger partial charge is 0.0936 e. The molecule has 2 saturated heterocycles. The van der Waals surface area contributed by atoms with Crippen LogP contribution in [0.3, 0.4) is 0 Å². The number of rotatable bonds is 4. The number of hydrogen-bond donors (Lipinski definition) is 0. The average Bonchev–Trinajstić information content (AvgIpc) is 3.00. The van der Waals surface area contributed by atoms with Crippen molar-refractivity contribution in [2.45, 2.75) is 62.4 Å². The van der Waals surface area contributed by atoms with Crippen LogP contribution in [-0.2, 0) is 16.1 Å². The number of ether oxygens (including phenoxy) is 2. The van der Waals surface area contributed by atoms with Gasteiger partial charge >= 0.3 is 0 Å². The van der Waals surface area contributed by atoms with Crippen LogP contribution in [0.15, 0.2) is 42.5 Å². The molecule has 2 aromatic carbocycles. The Morgan fingerprint density at radius 3 is 2.67 bits per heavy atom. The summed E-state index contributed by atoms with van der Waals surface area (Å²) in [4.78, 5) is 0.424. The molecule has 128 valence electrons. The second-order valence-electron chi connectivity index (χ2n) is 7.84. The molecule has 0 radical (unpaired) electrons. The van der Waals surface area contributed by atoms with Gasteiger partial charge in [0.05, 0.1) is 23.9 Å². The quantitative estimate of drug-likeness (QED) is 0.646. The highest BCUT2D eigenvalue weighted by Gasteiger charge is 2.65. The maximum absolute atomic E-state index is 6.54. The first-order valence-electron chi connectivity index (χ1n) is 8.87. The summed E-state index contributed by atoms with van der Waals surface area (Å²) in [5.41, 5.74) is 0.995. The minimum absolute atomic E-state index is 0.0851. The topological polar surface area (TPSA) is 18.5 Å². The molecule has 0 spiro atoms. The van der Waals surface area contributed by atoms with Crippen LogP contribution in [0.4, 0.5) is 0 Å². The summed E-state index contributed by atoms with van der Waals surface area (Å²) in [6.45, 7) is 7.37. The molecule has 2 nitrogen and oxygen atoms in total. The van der Waals surface area contributed by atoms with Crippen molar-refractivity contribution in [2.75, 3.05) is 0 Å². The van der Waals surface area contributed by atoms with Crippen molar-refractivity contribution in [3.63, 3.8) is 0 Å². The lowest BCUT2D eigenvalue weighted by Crippen LogP contribution is -2.44. The Morgan fingerprint density at radius 2 is 1.92 bits per heavy atom. The predicted molar refractivity (Wildman–Crippen MR) is 102 cm³/mol. The number of benzene rings is 2. The second kappa shape index (κ2) is 5.82. The summed E-state index contributed by atoms with van der Waals surface area (Å²) in [7, 11) is 0. The first kappa shape index (κ1) is 16.6. The van der Waals surface area contributed by atoms with Crippen molar-refractivity contribution >= 4 is 26.7 Å². The fourth-order valence-electron chi connectivity index (χ4n) is 4.50. The van der Waals surface area contributed by atoms with Gasteiger partial charge in [0.2, 0.25) is 0 Å². The van der Waals surface area contributed by atoms with E-state index in [4.69, 9.17) is 9.47 Å². The van der Waals surface area contributed by atoms with E-state index in [-0.39, 0.29) is 17.3 Å². The molecule has 4 rings (SSSR count). The van der Waals surface area contributed by atoms with Crippen LogP contribution < -0.4 is 0 Å². The lowest BCUT2D eigenvalue weighted by atomic mass is 9.75. The Morgan fingerprint density at radius 1 is 1.17 bits per heavy atom. The van der Waals surface area contributed by atoms with E-state index in [0.29, 0.717) is 17.4 Å². The Bertz CT molecular complexity index is 753. The third kappa shape index (κ3) is 2.44. The average molecular weight is 389 g/mol. The molecule has 24 heavy (non-hydrogen) atoms. The van der Waals surface area contributed by atoms with Crippen LogP contribution in [0, 0.1) is 5.92 Å². The van der Waals surface area contributed by atoms with Crippen LogP contribution in [0.25, 0.3) is 10.8 Å². The Labute approximate surface area is 152 Å². The number of halogens is 1. The SMILES string of the molecule is CC(C)C12CC(OCc3cccc4ccccc34)C(C)(CC1Br)O2. The van der Waals surface area contributed by atoms with Gasteiger partial charge in [-0.2, -0.15) is 0 Å². The monoisotopic (exact) mass is 388 g/mol. The highest BCUT2D eigenvalue weighted by Crippen LogP contribution is 2.57. The maximum Gasteiger partial charge on any atom is 0.0936 e. The van der Waals surface area contributed by atoms with E-state index in [1.807, 2.05) is 0 Å². The van der Waals surface area contributed by atoms with Crippen molar-refractivity contribution in [1.82, 2.24) is 0 Å². The summed E-state index contributed by atoms with van der Waals surface area (Å²) in [6.07, 6.45) is 2.15. The minimum atomic E-state index is -0.178. The van der Waals surface area contributed by atoms with Gasteiger partial charge in [-0.1, -0.05) is 72.2 Å². The summed E-state index contributed by atoms with van der Waals surface area (Å²) < 4.78 is 12.9. The summed E-state index contributed by atoms with van der Waals surface area (Å²) in [6, 6.07) is 15.0. The summed E-state index contributed by atoms with van der Waals surface area (Å²) in [5, 5.41) is 2.55. The Hall–Kier alpha value is -0.900. The van der Waals surface area contributed by atoms with Gasteiger partial charge in [0.15, 0.2) is 0 Å². The molecule has 0 amide bonds.